The molecule has 14 aromatic rings. The number of benzene rings is 10. The molecule has 4 heteroatoms. The molecule has 4 aromatic heterocycles. The third-order valence-corrected chi connectivity index (χ3v) is 18.4. The normalized spacial score (nSPS) is 12.1. The molecule has 0 saturated carbocycles. The lowest BCUT2D eigenvalue weighted by Gasteiger charge is -2.20. The lowest BCUT2D eigenvalue weighted by Crippen LogP contribution is -1.98. The number of aromatic nitrogens is 4. The first-order valence-corrected chi connectivity index (χ1v) is 30.7. The summed E-state index contributed by atoms with van der Waals surface area (Å²) in [6.45, 7) is 17.9. The SMILES string of the molecule is CCCCn1c2ccccc2c2cc(-c3cc(-c4cc(-c5ccc6c(c5)c5ccccc5n6CCCC)c(C)c(-c5ccc6c(c5)c5ccccc5n6CCCC)c4)cc(-c4ccc5c(c4)c4ccccc4n5CCCC)c3C)ccc21. The number of hydrogen-bond donors (Lipinski definition) is 0. The molecule has 0 bridgehead atoms. The second kappa shape index (κ2) is 21.4. The molecule has 406 valence electrons. The van der Waals surface area contributed by atoms with E-state index in [4.69, 9.17) is 0 Å². The fraction of sp³-hybridized carbons (Fsp3) is 0.231. The van der Waals surface area contributed by atoms with Gasteiger partial charge in [0.25, 0.3) is 0 Å². The van der Waals surface area contributed by atoms with Crippen molar-refractivity contribution in [1.29, 1.82) is 0 Å². The molecule has 4 nitrogen and oxygen atoms in total. The smallest absolute Gasteiger partial charge is 0.0491 e. The van der Waals surface area contributed by atoms with E-state index in [1.807, 2.05) is 0 Å². The lowest BCUT2D eigenvalue weighted by molar-refractivity contribution is 0.665. The molecule has 82 heavy (non-hydrogen) atoms. The van der Waals surface area contributed by atoms with E-state index in [1.165, 1.54) is 154 Å². The van der Waals surface area contributed by atoms with Crippen LogP contribution in [0.2, 0.25) is 0 Å². The van der Waals surface area contributed by atoms with Crippen LogP contribution < -0.4 is 0 Å². The maximum absolute atomic E-state index is 2.55. The van der Waals surface area contributed by atoms with Crippen LogP contribution in [-0.2, 0) is 26.2 Å². The average Bonchev–Trinajstić information content (AvgIpc) is 3.33. The highest BCUT2D eigenvalue weighted by molar-refractivity contribution is 6.13. The monoisotopic (exact) mass is 1070 g/mol. The summed E-state index contributed by atoms with van der Waals surface area (Å²) in [5.41, 5.74) is 25.5. The first-order valence-electron chi connectivity index (χ1n) is 30.7. The Balaban J connectivity index is 1.03. The summed E-state index contributed by atoms with van der Waals surface area (Å²) in [5.74, 6) is 0. The van der Waals surface area contributed by atoms with Crippen LogP contribution in [0.5, 0.6) is 0 Å². The quantitative estimate of drug-likeness (QED) is 0.0866. The molecule has 0 N–H and O–H groups in total. The number of aryl methyl sites for hydroxylation is 4. The molecule has 0 aliphatic rings. The van der Waals surface area contributed by atoms with E-state index in [9.17, 15) is 0 Å². The molecule has 0 aliphatic heterocycles. The maximum atomic E-state index is 2.55. The predicted molar refractivity (Wildman–Crippen MR) is 355 cm³/mol. The minimum atomic E-state index is 1.01. The molecule has 0 spiro atoms. The number of fused-ring (bicyclic) bond motifs is 12. The average molecular weight is 1070 g/mol. The summed E-state index contributed by atoms with van der Waals surface area (Å²) < 4.78 is 10.2. The van der Waals surface area contributed by atoms with E-state index in [1.54, 1.807) is 0 Å². The zero-order valence-electron chi connectivity index (χ0n) is 48.7. The molecule has 0 amide bonds. The number of nitrogens with zero attached hydrogens (tertiary/aromatic N) is 4. The Labute approximate surface area is 482 Å². The first-order chi connectivity index (χ1) is 40.3. The van der Waals surface area contributed by atoms with E-state index in [2.05, 4.69) is 254 Å². The standard InChI is InChI=1S/C78H74N4/c1-7-11-39-79-71-27-19-15-23-59(71)67-43-53(31-35-75(67)79)63-47-57(48-64(51(63)5)54-32-36-76-68(44-54)60-24-16-20-28-72(60)80(76)40-12-8-2)58-49-65(55-33-37-77-69(45-55)61-25-17-21-29-73(61)81(77)41-13-9-3)52(6)66(50-58)56-34-38-78-70(46-56)62-26-18-22-30-74(62)82(78)42-14-10-4/h15-38,43-50H,7-14,39-42H2,1-6H3. The molecule has 0 unspecified atom stereocenters. The van der Waals surface area contributed by atoms with E-state index in [0.29, 0.717) is 0 Å². The predicted octanol–water partition coefficient (Wildman–Crippen LogP) is 22.3. The molecular formula is C78H74N4. The van der Waals surface area contributed by atoms with Crippen molar-refractivity contribution in [3.63, 3.8) is 0 Å². The van der Waals surface area contributed by atoms with Crippen molar-refractivity contribution in [3.05, 3.63) is 205 Å². The van der Waals surface area contributed by atoms with Crippen LogP contribution in [0.1, 0.15) is 90.2 Å². The Kier molecular flexibility index (Phi) is 13.4. The Morgan fingerprint density at radius 2 is 0.451 bits per heavy atom. The zero-order chi connectivity index (χ0) is 55.6. The van der Waals surface area contributed by atoms with E-state index in [-0.39, 0.29) is 0 Å². The van der Waals surface area contributed by atoms with Gasteiger partial charge in [-0.15, -0.1) is 0 Å². The molecule has 0 radical (unpaired) electrons. The van der Waals surface area contributed by atoms with Gasteiger partial charge in [-0.3, -0.25) is 0 Å². The van der Waals surface area contributed by atoms with Gasteiger partial charge in [-0.25, -0.2) is 0 Å². The van der Waals surface area contributed by atoms with Gasteiger partial charge in [-0.1, -0.05) is 150 Å². The summed E-state index contributed by atoms with van der Waals surface area (Å²) >= 11 is 0. The van der Waals surface area contributed by atoms with Crippen molar-refractivity contribution >= 4 is 87.2 Å². The Bertz CT molecular complexity index is 4180. The zero-order valence-corrected chi connectivity index (χ0v) is 48.7. The number of rotatable bonds is 17. The largest absolute Gasteiger partial charge is 0.340 e. The van der Waals surface area contributed by atoms with Gasteiger partial charge in [0.15, 0.2) is 0 Å². The van der Waals surface area contributed by atoms with Crippen LogP contribution in [0.4, 0.5) is 0 Å². The minimum Gasteiger partial charge on any atom is -0.340 e. The third-order valence-electron chi connectivity index (χ3n) is 18.4. The van der Waals surface area contributed by atoms with Crippen LogP contribution >= 0.6 is 0 Å². The molecule has 0 saturated heterocycles. The van der Waals surface area contributed by atoms with Gasteiger partial charge in [0.05, 0.1) is 0 Å². The molecular weight excluding hydrogens is 993 g/mol. The highest BCUT2D eigenvalue weighted by Crippen LogP contribution is 2.46. The summed E-state index contributed by atoms with van der Waals surface area (Å²) in [6.07, 6.45) is 9.22. The minimum absolute atomic E-state index is 1.01. The van der Waals surface area contributed by atoms with Crippen LogP contribution in [-0.4, -0.2) is 18.3 Å². The highest BCUT2D eigenvalue weighted by Gasteiger charge is 2.22. The number of hydrogen-bond acceptors (Lipinski definition) is 0. The molecule has 0 fully saturated rings. The Morgan fingerprint density at radius 1 is 0.232 bits per heavy atom. The van der Waals surface area contributed by atoms with Crippen LogP contribution in [0.3, 0.4) is 0 Å². The van der Waals surface area contributed by atoms with Gasteiger partial charge in [0.2, 0.25) is 0 Å². The molecule has 0 aliphatic carbocycles. The highest BCUT2D eigenvalue weighted by atomic mass is 15.0. The van der Waals surface area contributed by atoms with Gasteiger partial charge >= 0.3 is 0 Å². The van der Waals surface area contributed by atoms with E-state index < -0.39 is 0 Å². The Morgan fingerprint density at radius 3 is 0.683 bits per heavy atom. The van der Waals surface area contributed by atoms with E-state index in [0.717, 1.165) is 77.5 Å². The van der Waals surface area contributed by atoms with Gasteiger partial charge in [0, 0.05) is 113 Å². The molecule has 4 heterocycles. The fourth-order valence-electron chi connectivity index (χ4n) is 14.1. The van der Waals surface area contributed by atoms with Crippen molar-refractivity contribution < 1.29 is 0 Å². The maximum Gasteiger partial charge on any atom is 0.0491 e. The second-order valence-corrected chi connectivity index (χ2v) is 23.4. The molecule has 14 rings (SSSR count). The third kappa shape index (κ3) is 8.55. The number of para-hydroxylation sites is 4. The summed E-state index contributed by atoms with van der Waals surface area (Å²) in [4.78, 5) is 0. The van der Waals surface area contributed by atoms with Crippen molar-refractivity contribution in [2.45, 2.75) is 119 Å². The lowest BCUT2D eigenvalue weighted by atomic mass is 9.84. The van der Waals surface area contributed by atoms with Crippen molar-refractivity contribution in [3.8, 4) is 55.6 Å². The summed E-state index contributed by atoms with van der Waals surface area (Å²) in [5, 5.41) is 10.5. The summed E-state index contributed by atoms with van der Waals surface area (Å²) in [7, 11) is 0. The Hall–Kier alpha value is -8.60. The van der Waals surface area contributed by atoms with Crippen LogP contribution in [0.15, 0.2) is 194 Å². The topological polar surface area (TPSA) is 19.7 Å². The molecule has 10 aromatic carbocycles. The second-order valence-electron chi connectivity index (χ2n) is 23.4. The first kappa shape index (κ1) is 51.5. The van der Waals surface area contributed by atoms with Gasteiger partial charge in [-0.2, -0.15) is 0 Å². The van der Waals surface area contributed by atoms with Crippen molar-refractivity contribution in [2.75, 3.05) is 0 Å². The van der Waals surface area contributed by atoms with Crippen molar-refractivity contribution in [2.24, 2.45) is 0 Å². The van der Waals surface area contributed by atoms with Crippen LogP contribution in [0.25, 0.3) is 143 Å². The van der Waals surface area contributed by atoms with Gasteiger partial charge in [0.1, 0.15) is 0 Å². The fourth-order valence-corrected chi connectivity index (χ4v) is 14.1. The summed E-state index contributed by atoms with van der Waals surface area (Å²) in [6, 6.07) is 75.3. The van der Waals surface area contributed by atoms with Gasteiger partial charge in [-0.05, 0) is 203 Å². The van der Waals surface area contributed by atoms with Crippen LogP contribution in [0, 0.1) is 13.8 Å². The number of unbranched alkanes of at least 4 members (excludes halogenated alkanes) is 4. The van der Waals surface area contributed by atoms with E-state index >= 15 is 0 Å². The van der Waals surface area contributed by atoms with Gasteiger partial charge < -0.3 is 18.3 Å². The van der Waals surface area contributed by atoms with Crippen molar-refractivity contribution in [1.82, 2.24) is 18.3 Å². The molecule has 0 atom stereocenters.